The fraction of sp³-hybridized carbons (Fsp3) is 0.643. The number of urea groups is 1. The van der Waals surface area contributed by atoms with E-state index in [9.17, 15) is 19.5 Å². The zero-order valence-corrected chi connectivity index (χ0v) is 15.1. The van der Waals surface area contributed by atoms with Crippen molar-refractivity contribution < 1.29 is 34.2 Å². The lowest BCUT2D eigenvalue weighted by Gasteiger charge is -2.20. The topological polar surface area (TPSA) is 253 Å². The van der Waals surface area contributed by atoms with Gasteiger partial charge in [0.1, 0.15) is 12.3 Å². The number of rotatable bonds is 11. The molecule has 14 heteroatoms. The second-order valence-electron chi connectivity index (χ2n) is 6.13. The van der Waals surface area contributed by atoms with Gasteiger partial charge in [-0.3, -0.25) is 4.79 Å². The van der Waals surface area contributed by atoms with Crippen LogP contribution in [0.25, 0.3) is 0 Å². The van der Waals surface area contributed by atoms with E-state index in [0.29, 0.717) is 0 Å². The Bertz CT molecular complexity index is 679. The summed E-state index contributed by atoms with van der Waals surface area (Å²) in [4.78, 5) is 38.2. The van der Waals surface area contributed by atoms with Crippen molar-refractivity contribution >= 4 is 17.9 Å². The minimum atomic E-state index is -1.56. The molecule has 5 atom stereocenters. The number of carbonyl (C=O) groups excluding carboxylic acids is 2. The lowest BCUT2D eigenvalue weighted by molar-refractivity contribution is -0.141. The number of carboxylic acid groups (broad SMARTS) is 1. The minimum Gasteiger partial charge on any atom is -0.480 e. The molecular formula is C14H25N7O7. The molecule has 0 aromatic carbocycles. The van der Waals surface area contributed by atoms with Gasteiger partial charge in [-0.05, 0) is 13.3 Å². The van der Waals surface area contributed by atoms with Crippen molar-refractivity contribution in [3.63, 3.8) is 0 Å². The third-order valence-electron chi connectivity index (χ3n) is 3.60. The Morgan fingerprint density at radius 3 is 2.36 bits per heavy atom. The van der Waals surface area contributed by atoms with Crippen LogP contribution in [0.4, 0.5) is 4.79 Å². The van der Waals surface area contributed by atoms with Crippen LogP contribution in [0.2, 0.25) is 0 Å². The molecule has 1 heterocycles. The lowest BCUT2D eigenvalue weighted by Crippen LogP contribution is -2.51. The van der Waals surface area contributed by atoms with Gasteiger partial charge in [-0.2, -0.15) is 4.98 Å². The van der Waals surface area contributed by atoms with Gasteiger partial charge < -0.3 is 47.7 Å². The molecule has 1 aromatic heterocycles. The molecule has 14 nitrogen and oxygen atoms in total. The number of nitrogens with one attached hydrogen (secondary N) is 2. The molecule has 11 N–H and O–H groups in total. The Morgan fingerprint density at radius 2 is 1.86 bits per heavy atom. The van der Waals surface area contributed by atoms with Crippen LogP contribution in [-0.4, -0.2) is 61.7 Å². The molecule has 0 spiro atoms. The Balaban J connectivity index is 2.91. The fourth-order valence-electron chi connectivity index (χ4n) is 2.18. The van der Waals surface area contributed by atoms with Gasteiger partial charge in [0.05, 0.1) is 12.1 Å². The number of nitrogens with zero attached hydrogens (tertiary/aromatic N) is 2. The first-order valence-corrected chi connectivity index (χ1v) is 8.30. The summed E-state index contributed by atoms with van der Waals surface area (Å²) in [5, 5.41) is 35.7. The molecule has 28 heavy (non-hydrogen) atoms. The number of carboxylic acids is 1. The monoisotopic (exact) mass is 403 g/mol. The molecule has 0 radical (unpaired) electrons. The first-order valence-electron chi connectivity index (χ1n) is 8.30. The number of aliphatic hydroxyl groups is 2. The number of aliphatic hydroxyl groups excluding tert-OH is 2. The van der Waals surface area contributed by atoms with Crippen LogP contribution >= 0.6 is 0 Å². The van der Waals surface area contributed by atoms with E-state index in [1.165, 1.54) is 6.92 Å². The molecule has 0 aliphatic carbocycles. The number of aromatic nitrogens is 2. The van der Waals surface area contributed by atoms with E-state index >= 15 is 0 Å². The molecule has 2 unspecified atom stereocenters. The molecular weight excluding hydrogens is 378 g/mol. The van der Waals surface area contributed by atoms with E-state index in [1.807, 2.05) is 0 Å². The largest absolute Gasteiger partial charge is 0.480 e. The smallest absolute Gasteiger partial charge is 0.328 e. The van der Waals surface area contributed by atoms with Crippen molar-refractivity contribution in [1.29, 1.82) is 0 Å². The summed E-state index contributed by atoms with van der Waals surface area (Å²) in [7, 11) is 0. The summed E-state index contributed by atoms with van der Waals surface area (Å²) < 4.78 is 5.04. The third-order valence-corrected chi connectivity index (χ3v) is 3.60. The second kappa shape index (κ2) is 10.5. The van der Waals surface area contributed by atoms with E-state index in [1.54, 1.807) is 0 Å². The highest BCUT2D eigenvalue weighted by atomic mass is 16.5. The van der Waals surface area contributed by atoms with Gasteiger partial charge in [0, 0.05) is 12.8 Å². The zero-order chi connectivity index (χ0) is 21.4. The van der Waals surface area contributed by atoms with Gasteiger partial charge in [-0.25, -0.2) is 9.59 Å². The predicted octanol–water partition coefficient (Wildman–Crippen LogP) is -2.82. The van der Waals surface area contributed by atoms with Crippen LogP contribution in [0.5, 0.6) is 0 Å². The second-order valence-corrected chi connectivity index (χ2v) is 6.13. The van der Waals surface area contributed by atoms with Crippen LogP contribution in [0, 0.1) is 0 Å². The van der Waals surface area contributed by atoms with Crippen molar-refractivity contribution in [2.24, 2.45) is 17.2 Å². The van der Waals surface area contributed by atoms with Crippen molar-refractivity contribution in [1.82, 2.24) is 20.8 Å². The number of primary amides is 1. The zero-order valence-electron chi connectivity index (χ0n) is 15.1. The molecule has 1 aromatic rings. The Kier molecular flexibility index (Phi) is 8.72. The van der Waals surface area contributed by atoms with Crippen molar-refractivity contribution in [3.8, 4) is 0 Å². The van der Waals surface area contributed by atoms with Crippen molar-refractivity contribution in [2.45, 2.75) is 56.6 Å². The highest BCUT2D eigenvalue weighted by Gasteiger charge is 2.28. The predicted molar refractivity (Wildman–Crippen MR) is 92.0 cm³/mol. The molecule has 0 aliphatic heterocycles. The van der Waals surface area contributed by atoms with Gasteiger partial charge in [-0.15, -0.1) is 0 Å². The lowest BCUT2D eigenvalue weighted by atomic mass is 10.1. The highest BCUT2D eigenvalue weighted by Crippen LogP contribution is 2.19. The first-order chi connectivity index (χ1) is 13.0. The summed E-state index contributed by atoms with van der Waals surface area (Å²) in [6.45, 7) is 1.20. The van der Waals surface area contributed by atoms with Crippen LogP contribution in [-0.2, 0) is 9.59 Å². The van der Waals surface area contributed by atoms with Crippen LogP contribution < -0.4 is 27.8 Å². The van der Waals surface area contributed by atoms with Gasteiger partial charge in [-0.1, -0.05) is 5.16 Å². The maximum absolute atomic E-state index is 12.1. The summed E-state index contributed by atoms with van der Waals surface area (Å²) >= 11 is 0. The van der Waals surface area contributed by atoms with Gasteiger partial charge >= 0.3 is 12.0 Å². The number of nitrogens with two attached hydrogens (primary N) is 3. The molecule has 0 saturated carbocycles. The van der Waals surface area contributed by atoms with E-state index in [0.717, 1.165) is 0 Å². The minimum absolute atomic E-state index is 0.0122. The number of carbonyl (C=O) groups is 3. The normalized spacial score (nSPS) is 16.5. The van der Waals surface area contributed by atoms with E-state index in [4.69, 9.17) is 31.9 Å². The molecule has 0 bridgehead atoms. The molecule has 0 saturated heterocycles. The SMILES string of the molecule is CC(O)[C@H](NC(=O)N[C@@H](CCC(N)=O)c1nc([C@@H](N)CC(N)O)no1)C(=O)O. The van der Waals surface area contributed by atoms with Gasteiger partial charge in [0.15, 0.2) is 11.9 Å². The maximum atomic E-state index is 12.1. The fourth-order valence-corrected chi connectivity index (χ4v) is 2.18. The van der Waals surface area contributed by atoms with E-state index in [-0.39, 0.29) is 31.0 Å². The number of hydrogen-bond donors (Lipinski definition) is 8. The standard InChI is InChI=1S/C14H25N7O7/c1-5(22)10(13(25)26)19-14(27)18-7(2-3-8(16)23)12-20-11(21-28-12)6(15)4-9(17)24/h5-7,9-10,22,24H,2-4,15,17H2,1H3,(H2,16,23)(H,25,26)(H2,18,19,27)/t5?,6-,7-,9?,10-/m0/s1. The quantitative estimate of drug-likeness (QED) is 0.175. The summed E-state index contributed by atoms with van der Waals surface area (Å²) in [5.41, 5.74) is 16.1. The summed E-state index contributed by atoms with van der Waals surface area (Å²) in [5.74, 6) is -2.19. The Labute approximate surface area is 159 Å². The number of amides is 3. The molecule has 158 valence electrons. The van der Waals surface area contributed by atoms with E-state index in [2.05, 4.69) is 20.8 Å². The summed E-state index contributed by atoms with van der Waals surface area (Å²) in [6, 6.07) is -4.35. The molecule has 0 fully saturated rings. The first kappa shape index (κ1) is 23.2. The maximum Gasteiger partial charge on any atom is 0.328 e. The van der Waals surface area contributed by atoms with Crippen molar-refractivity contribution in [2.75, 3.05) is 0 Å². The summed E-state index contributed by atoms with van der Waals surface area (Å²) in [6.07, 6.45) is -2.77. The highest BCUT2D eigenvalue weighted by molar-refractivity contribution is 5.83. The number of aliphatic carboxylic acids is 1. The van der Waals surface area contributed by atoms with Gasteiger partial charge in [0.25, 0.3) is 0 Å². The Hall–Kier alpha value is -2.81. The van der Waals surface area contributed by atoms with Crippen LogP contribution in [0.1, 0.15) is 50.0 Å². The Morgan fingerprint density at radius 1 is 1.21 bits per heavy atom. The average Bonchev–Trinajstić information content (AvgIpc) is 3.05. The van der Waals surface area contributed by atoms with Crippen LogP contribution in [0.15, 0.2) is 4.52 Å². The van der Waals surface area contributed by atoms with Gasteiger partial charge in [0.2, 0.25) is 11.8 Å². The third kappa shape index (κ3) is 7.43. The van der Waals surface area contributed by atoms with E-state index < -0.39 is 48.4 Å². The van der Waals surface area contributed by atoms with Crippen molar-refractivity contribution in [3.05, 3.63) is 11.7 Å². The molecule has 3 amide bonds. The number of hydrogen-bond acceptors (Lipinski definition) is 10. The molecule has 1 rings (SSSR count). The average molecular weight is 403 g/mol. The van der Waals surface area contributed by atoms with Crippen LogP contribution in [0.3, 0.4) is 0 Å². The molecule has 0 aliphatic rings.